The normalized spacial score (nSPS) is 21.6. The molecule has 0 spiro atoms. The number of halogens is 1. The van der Waals surface area contributed by atoms with E-state index in [2.05, 4.69) is 48.1 Å². The maximum Gasteiger partial charge on any atom is 0.247 e. The van der Waals surface area contributed by atoms with Crippen molar-refractivity contribution in [2.45, 2.75) is 18.9 Å². The van der Waals surface area contributed by atoms with Crippen molar-refractivity contribution in [3.05, 3.63) is 34.6 Å². The number of nitriles is 2. The van der Waals surface area contributed by atoms with E-state index < -0.39 is 0 Å². The lowest BCUT2D eigenvalue weighted by Crippen LogP contribution is -2.25. The average molecular weight is 461 g/mol. The second-order valence-corrected chi connectivity index (χ2v) is 9.25. The molecule has 0 bridgehead atoms. The number of nitrogens with zero attached hydrogens (tertiary/aromatic N) is 7. The number of hydrogen-bond acceptors (Lipinski definition) is 9. The van der Waals surface area contributed by atoms with E-state index in [-0.39, 0.29) is 5.95 Å². The molecule has 4 heterocycles. The van der Waals surface area contributed by atoms with Crippen LogP contribution in [0.5, 0.6) is 0 Å². The molecule has 166 valence electrons. The monoisotopic (exact) mass is 460 g/mol. The van der Waals surface area contributed by atoms with Crippen LogP contribution in [-0.2, 0) is 0 Å². The van der Waals surface area contributed by atoms with Gasteiger partial charge in [0.1, 0.15) is 6.07 Å². The molecule has 2 unspecified atom stereocenters. The van der Waals surface area contributed by atoms with Gasteiger partial charge >= 0.3 is 0 Å². The topological polar surface area (TPSA) is 130 Å². The van der Waals surface area contributed by atoms with Crippen molar-refractivity contribution >= 4 is 40.4 Å². The number of nitrogens with one attached hydrogen (secondary N) is 3. The highest BCUT2D eigenvalue weighted by atomic mass is 35.5. The molecular weight excluding hydrogens is 440 g/mol. The van der Waals surface area contributed by atoms with E-state index in [0.717, 1.165) is 44.7 Å². The van der Waals surface area contributed by atoms with Crippen LogP contribution in [-0.4, -0.2) is 51.8 Å². The van der Waals surface area contributed by atoms with Gasteiger partial charge in [0.2, 0.25) is 5.95 Å². The first-order valence-electron chi connectivity index (χ1n) is 11.0. The van der Waals surface area contributed by atoms with Crippen molar-refractivity contribution in [1.82, 2.24) is 24.9 Å². The third kappa shape index (κ3) is 3.58. The summed E-state index contributed by atoms with van der Waals surface area (Å²) in [5, 5.41) is 34.1. The van der Waals surface area contributed by atoms with Crippen LogP contribution in [0.1, 0.15) is 24.1 Å². The Morgan fingerprint density at radius 1 is 1.12 bits per heavy atom. The Hall–Kier alpha value is -3.60. The van der Waals surface area contributed by atoms with Crippen molar-refractivity contribution < 1.29 is 0 Å². The van der Waals surface area contributed by atoms with Gasteiger partial charge in [-0.2, -0.15) is 20.0 Å². The summed E-state index contributed by atoms with van der Waals surface area (Å²) in [6.07, 6.45) is 3.61. The molecule has 3 aromatic rings. The van der Waals surface area contributed by atoms with Gasteiger partial charge in [-0.05, 0) is 36.8 Å². The second kappa shape index (κ2) is 7.77. The van der Waals surface area contributed by atoms with E-state index >= 15 is 0 Å². The number of imidazole rings is 1. The number of rotatable bonds is 5. The fourth-order valence-corrected chi connectivity index (χ4v) is 4.97. The summed E-state index contributed by atoms with van der Waals surface area (Å²) in [5.74, 6) is 2.01. The molecule has 11 heteroatoms. The van der Waals surface area contributed by atoms with Crippen LogP contribution in [0.4, 0.5) is 23.1 Å². The number of hydrogen-bond donors (Lipinski definition) is 3. The maximum absolute atomic E-state index is 9.64. The summed E-state index contributed by atoms with van der Waals surface area (Å²) in [6, 6.07) is 8.23. The Morgan fingerprint density at radius 3 is 2.61 bits per heavy atom. The van der Waals surface area contributed by atoms with Gasteiger partial charge in [-0.1, -0.05) is 11.6 Å². The van der Waals surface area contributed by atoms with Gasteiger partial charge in [-0.15, -0.1) is 5.10 Å². The van der Waals surface area contributed by atoms with Crippen LogP contribution in [0, 0.1) is 34.5 Å². The smallest absolute Gasteiger partial charge is 0.247 e. The first kappa shape index (κ1) is 20.0. The Bertz CT molecular complexity index is 1320. The van der Waals surface area contributed by atoms with Crippen LogP contribution >= 0.6 is 11.6 Å². The third-order valence-corrected chi connectivity index (χ3v) is 6.95. The highest BCUT2D eigenvalue weighted by molar-refractivity contribution is 6.36. The standard InChI is InChI=1S/C22H21ClN10/c23-19-17(3-12(5-24)4-18(19)32-10-13-7-26-8-14(13)11-32)29-22-30-20(28-15-1-2-15)21-27-9-16(6-25)33(21)31-22/h3-4,9,13-15,26H,1-2,7-8,10-11H2,(H2,28,29,30,31). The molecule has 2 aliphatic heterocycles. The molecule has 1 aliphatic carbocycles. The van der Waals surface area contributed by atoms with Crippen molar-refractivity contribution in [3.63, 3.8) is 0 Å². The highest BCUT2D eigenvalue weighted by Crippen LogP contribution is 2.40. The van der Waals surface area contributed by atoms with E-state index in [0.29, 0.717) is 51.3 Å². The summed E-state index contributed by atoms with van der Waals surface area (Å²) < 4.78 is 1.47. The predicted molar refractivity (Wildman–Crippen MR) is 124 cm³/mol. The largest absolute Gasteiger partial charge is 0.370 e. The lowest BCUT2D eigenvalue weighted by atomic mass is 10.0. The molecule has 3 N–H and O–H groups in total. The molecule has 2 atom stereocenters. The minimum atomic E-state index is 0.269. The number of fused-ring (bicyclic) bond motifs is 2. The van der Waals surface area contributed by atoms with Crippen molar-refractivity contribution in [3.8, 4) is 12.1 Å². The number of anilines is 4. The number of aromatic nitrogens is 4. The maximum atomic E-state index is 9.64. The van der Waals surface area contributed by atoms with Crippen molar-refractivity contribution in [2.24, 2.45) is 11.8 Å². The van der Waals surface area contributed by atoms with E-state index in [1.165, 1.54) is 10.7 Å². The molecule has 2 saturated heterocycles. The SMILES string of the molecule is N#Cc1cc(Nc2nc(NC3CC3)c3ncc(C#N)n3n2)c(Cl)c(N2CC3CNCC3C2)c1. The Kier molecular flexibility index (Phi) is 4.72. The van der Waals surface area contributed by atoms with E-state index in [1.54, 1.807) is 6.07 Å². The molecule has 3 fully saturated rings. The van der Waals surface area contributed by atoms with Gasteiger partial charge < -0.3 is 20.9 Å². The van der Waals surface area contributed by atoms with Gasteiger partial charge in [0, 0.05) is 32.2 Å². The summed E-state index contributed by atoms with van der Waals surface area (Å²) in [5.41, 5.74) is 2.70. The molecule has 1 aromatic carbocycles. The lowest BCUT2D eigenvalue weighted by Gasteiger charge is -2.23. The van der Waals surface area contributed by atoms with Crippen molar-refractivity contribution in [1.29, 1.82) is 10.5 Å². The van der Waals surface area contributed by atoms with Crippen LogP contribution in [0.3, 0.4) is 0 Å². The van der Waals surface area contributed by atoms with Crippen molar-refractivity contribution in [2.75, 3.05) is 41.7 Å². The Morgan fingerprint density at radius 2 is 1.91 bits per heavy atom. The molecule has 0 radical (unpaired) electrons. The summed E-state index contributed by atoms with van der Waals surface area (Å²) >= 11 is 6.84. The Balaban J connectivity index is 1.38. The lowest BCUT2D eigenvalue weighted by molar-refractivity contribution is 0.533. The molecule has 6 rings (SSSR count). The van der Waals surface area contributed by atoms with Crippen LogP contribution in [0.25, 0.3) is 5.65 Å². The van der Waals surface area contributed by atoms with E-state index in [4.69, 9.17) is 11.6 Å². The van der Waals surface area contributed by atoms with E-state index in [9.17, 15) is 10.5 Å². The van der Waals surface area contributed by atoms with Gasteiger partial charge in [0.05, 0.1) is 34.2 Å². The van der Waals surface area contributed by atoms with Crippen LogP contribution < -0.4 is 20.9 Å². The molecule has 0 amide bonds. The zero-order valence-electron chi connectivity index (χ0n) is 17.7. The number of benzene rings is 1. The minimum absolute atomic E-state index is 0.269. The van der Waals surface area contributed by atoms with Gasteiger partial charge in [0.25, 0.3) is 0 Å². The van der Waals surface area contributed by atoms with Gasteiger partial charge in [-0.3, -0.25) is 0 Å². The average Bonchev–Trinajstić information content (AvgIpc) is 3.19. The van der Waals surface area contributed by atoms with Gasteiger partial charge in [0.15, 0.2) is 17.2 Å². The quantitative estimate of drug-likeness (QED) is 0.525. The first-order valence-corrected chi connectivity index (χ1v) is 11.4. The zero-order chi connectivity index (χ0) is 22.5. The second-order valence-electron chi connectivity index (χ2n) is 8.87. The first-order chi connectivity index (χ1) is 16.1. The fourth-order valence-electron chi connectivity index (χ4n) is 4.70. The zero-order valence-corrected chi connectivity index (χ0v) is 18.5. The summed E-state index contributed by atoms with van der Waals surface area (Å²) in [7, 11) is 0. The van der Waals surface area contributed by atoms with Crippen LogP contribution in [0.2, 0.25) is 5.02 Å². The highest BCUT2D eigenvalue weighted by Gasteiger charge is 2.37. The fraction of sp³-hybridized carbons (Fsp3) is 0.409. The molecular formula is C22H21ClN10. The summed E-state index contributed by atoms with van der Waals surface area (Å²) in [6.45, 7) is 3.84. The van der Waals surface area contributed by atoms with E-state index in [1.807, 2.05) is 6.07 Å². The molecule has 10 nitrogen and oxygen atoms in total. The molecule has 33 heavy (non-hydrogen) atoms. The third-order valence-electron chi connectivity index (χ3n) is 6.55. The minimum Gasteiger partial charge on any atom is -0.370 e. The molecule has 2 aromatic heterocycles. The predicted octanol–water partition coefficient (Wildman–Crippen LogP) is 2.49. The molecule has 3 aliphatic rings. The summed E-state index contributed by atoms with van der Waals surface area (Å²) in [4.78, 5) is 11.2. The van der Waals surface area contributed by atoms with Crippen LogP contribution in [0.15, 0.2) is 18.3 Å². The Labute approximate surface area is 195 Å². The van der Waals surface area contributed by atoms with Gasteiger partial charge in [-0.25, -0.2) is 4.98 Å². The molecule has 1 saturated carbocycles.